The highest BCUT2D eigenvalue weighted by atomic mass is 16.1. The van der Waals surface area contributed by atoms with E-state index in [9.17, 15) is 4.79 Å². The fourth-order valence-electron chi connectivity index (χ4n) is 1.51. The van der Waals surface area contributed by atoms with Crippen LogP contribution < -0.4 is 5.32 Å². The summed E-state index contributed by atoms with van der Waals surface area (Å²) in [5.41, 5.74) is 2.05. The van der Waals surface area contributed by atoms with E-state index in [2.05, 4.69) is 17.2 Å². The van der Waals surface area contributed by atoms with Gasteiger partial charge in [0.05, 0.1) is 12.2 Å². The maximum absolute atomic E-state index is 11.4. The Labute approximate surface area is 105 Å². The van der Waals surface area contributed by atoms with Crippen molar-refractivity contribution in [2.24, 2.45) is 5.92 Å². The van der Waals surface area contributed by atoms with E-state index in [4.69, 9.17) is 0 Å². The fraction of sp³-hybridized carbons (Fsp3) is 0.571. The molecular weight excluding hydrogens is 212 g/mol. The molecule has 0 spiro atoms. The third-order valence-electron chi connectivity index (χ3n) is 2.62. The molecule has 0 unspecified atom stereocenters. The van der Waals surface area contributed by atoms with Gasteiger partial charge in [0, 0.05) is 13.0 Å². The summed E-state index contributed by atoms with van der Waals surface area (Å²) in [4.78, 5) is 16.0. The number of nitrogens with zero attached hydrogens (tertiary/aromatic N) is 1. The van der Waals surface area contributed by atoms with E-state index in [0.29, 0.717) is 6.54 Å². The predicted octanol–water partition coefficient (Wildman–Crippen LogP) is 2.94. The molecule has 1 heterocycles. The summed E-state index contributed by atoms with van der Waals surface area (Å²) < 4.78 is 0. The van der Waals surface area contributed by atoms with Gasteiger partial charge in [-0.1, -0.05) is 33.3 Å². The summed E-state index contributed by atoms with van der Waals surface area (Å²) in [6.45, 7) is 6.48. The summed E-state index contributed by atoms with van der Waals surface area (Å²) in [5.74, 6) is 0.101. The molecule has 0 aliphatic heterocycles. The highest BCUT2D eigenvalue weighted by Gasteiger charge is 2.06. The maximum atomic E-state index is 11.4. The minimum Gasteiger partial charge on any atom is -0.350 e. The zero-order valence-corrected chi connectivity index (χ0v) is 11.0. The number of rotatable bonds is 6. The van der Waals surface area contributed by atoms with E-state index in [0.717, 1.165) is 24.2 Å². The average molecular weight is 236 g/mol. The second kappa shape index (κ2) is 7.05. The lowest BCUT2D eigenvalue weighted by atomic mass is 10.2. The quantitative estimate of drug-likeness (QED) is 0.825. The Balaban J connectivity index is 0.00000289. The first kappa shape index (κ1) is 13.7. The average Bonchev–Trinajstić information content (AvgIpc) is 2.33. The Morgan fingerprint density at radius 1 is 1.41 bits per heavy atom. The summed E-state index contributed by atoms with van der Waals surface area (Å²) in [5, 5.41) is 2.88. The number of nitrogens with one attached hydrogen (secondary N) is 1. The number of pyridine rings is 1. The molecule has 0 bridgehead atoms. The van der Waals surface area contributed by atoms with Crippen LogP contribution in [0.5, 0.6) is 0 Å². The van der Waals surface area contributed by atoms with Crippen LogP contribution in [-0.4, -0.2) is 10.9 Å². The molecule has 0 atom stereocenters. The fourth-order valence-corrected chi connectivity index (χ4v) is 1.51. The second-order valence-corrected chi connectivity index (χ2v) is 4.60. The van der Waals surface area contributed by atoms with Crippen LogP contribution in [0.2, 0.25) is 0 Å². The van der Waals surface area contributed by atoms with Gasteiger partial charge in [-0.15, -0.1) is 0 Å². The SMILES string of the molecule is CCCCc1cccc(CNC(=O)C(C)C)n1.[HH]. The third-order valence-corrected chi connectivity index (χ3v) is 2.62. The van der Waals surface area contributed by atoms with Crippen molar-refractivity contribution >= 4 is 5.91 Å². The Kier molecular flexibility index (Phi) is 5.67. The van der Waals surface area contributed by atoms with Crippen LogP contribution in [0, 0.1) is 5.92 Å². The first-order chi connectivity index (χ1) is 8.13. The lowest BCUT2D eigenvalue weighted by Gasteiger charge is -2.08. The van der Waals surface area contributed by atoms with Crippen LogP contribution in [0.3, 0.4) is 0 Å². The van der Waals surface area contributed by atoms with Gasteiger partial charge in [-0.3, -0.25) is 9.78 Å². The van der Waals surface area contributed by atoms with Crippen LogP contribution in [0.15, 0.2) is 18.2 Å². The topological polar surface area (TPSA) is 42.0 Å². The number of unbranched alkanes of at least 4 members (excludes halogenated alkanes) is 1. The molecule has 3 nitrogen and oxygen atoms in total. The second-order valence-electron chi connectivity index (χ2n) is 4.60. The normalized spacial score (nSPS) is 10.6. The van der Waals surface area contributed by atoms with Gasteiger partial charge in [-0.05, 0) is 25.0 Å². The monoisotopic (exact) mass is 236 g/mol. The Hall–Kier alpha value is -1.38. The van der Waals surface area contributed by atoms with Crippen LogP contribution >= 0.6 is 0 Å². The van der Waals surface area contributed by atoms with Crippen molar-refractivity contribution in [1.82, 2.24) is 10.3 Å². The number of carbonyl (C=O) groups excluding carboxylic acids is 1. The lowest BCUT2D eigenvalue weighted by Crippen LogP contribution is -2.27. The lowest BCUT2D eigenvalue weighted by molar-refractivity contribution is -0.124. The van der Waals surface area contributed by atoms with Crippen molar-refractivity contribution in [3.63, 3.8) is 0 Å². The third kappa shape index (κ3) is 4.98. The molecule has 0 fully saturated rings. The number of aryl methyl sites for hydroxylation is 1. The molecule has 1 aromatic heterocycles. The Morgan fingerprint density at radius 3 is 2.76 bits per heavy atom. The molecule has 0 aliphatic carbocycles. The predicted molar refractivity (Wildman–Crippen MR) is 71.6 cm³/mol. The van der Waals surface area contributed by atoms with E-state index in [-0.39, 0.29) is 13.3 Å². The highest BCUT2D eigenvalue weighted by Crippen LogP contribution is 2.04. The summed E-state index contributed by atoms with van der Waals surface area (Å²) in [6, 6.07) is 6.01. The number of hydrogen-bond acceptors (Lipinski definition) is 2. The maximum Gasteiger partial charge on any atom is 0.222 e. The van der Waals surface area contributed by atoms with Crippen LogP contribution in [0.1, 0.15) is 46.4 Å². The van der Waals surface area contributed by atoms with Crippen LogP contribution in [0.4, 0.5) is 0 Å². The van der Waals surface area contributed by atoms with E-state index in [1.165, 1.54) is 6.42 Å². The summed E-state index contributed by atoms with van der Waals surface area (Å²) >= 11 is 0. The first-order valence-electron chi connectivity index (χ1n) is 6.36. The van der Waals surface area contributed by atoms with E-state index < -0.39 is 0 Å². The first-order valence-corrected chi connectivity index (χ1v) is 6.36. The van der Waals surface area contributed by atoms with Gasteiger partial charge in [-0.2, -0.15) is 0 Å². The largest absolute Gasteiger partial charge is 0.350 e. The minimum atomic E-state index is 0. The zero-order valence-electron chi connectivity index (χ0n) is 11.0. The van der Waals surface area contributed by atoms with Crippen molar-refractivity contribution in [2.75, 3.05) is 0 Å². The van der Waals surface area contributed by atoms with E-state index >= 15 is 0 Å². The molecular formula is C14H24N2O. The molecule has 0 saturated carbocycles. The molecule has 0 saturated heterocycles. The number of amides is 1. The van der Waals surface area contributed by atoms with Crippen LogP contribution in [0.25, 0.3) is 0 Å². The Morgan fingerprint density at radius 2 is 2.12 bits per heavy atom. The van der Waals surface area contributed by atoms with Gasteiger partial charge in [0.1, 0.15) is 0 Å². The standard InChI is InChI=1S/C14H22N2O.H2/c1-4-5-7-12-8-6-9-13(16-12)10-15-14(17)11(2)3;/h6,8-9,11H,4-5,7,10H2,1-3H3,(H,15,17);1H. The smallest absolute Gasteiger partial charge is 0.222 e. The van der Waals surface area contributed by atoms with Gasteiger partial charge in [0.25, 0.3) is 0 Å². The molecule has 96 valence electrons. The molecule has 1 N–H and O–H groups in total. The molecule has 17 heavy (non-hydrogen) atoms. The van der Waals surface area contributed by atoms with Crippen molar-refractivity contribution < 1.29 is 6.22 Å². The summed E-state index contributed by atoms with van der Waals surface area (Å²) in [6.07, 6.45) is 3.35. The molecule has 0 aromatic carbocycles. The van der Waals surface area contributed by atoms with Crippen molar-refractivity contribution in [3.05, 3.63) is 29.6 Å². The van der Waals surface area contributed by atoms with Crippen molar-refractivity contribution in [3.8, 4) is 0 Å². The van der Waals surface area contributed by atoms with E-state index in [1.54, 1.807) is 0 Å². The molecule has 1 rings (SSSR count). The van der Waals surface area contributed by atoms with Crippen LogP contribution in [-0.2, 0) is 17.8 Å². The Bertz CT molecular complexity index is 367. The van der Waals surface area contributed by atoms with Gasteiger partial charge in [0.2, 0.25) is 5.91 Å². The van der Waals surface area contributed by atoms with Crippen molar-refractivity contribution in [1.29, 1.82) is 0 Å². The summed E-state index contributed by atoms with van der Waals surface area (Å²) in [7, 11) is 0. The van der Waals surface area contributed by atoms with Gasteiger partial charge < -0.3 is 5.32 Å². The number of carbonyl (C=O) groups is 1. The highest BCUT2D eigenvalue weighted by molar-refractivity contribution is 5.77. The molecule has 0 radical (unpaired) electrons. The van der Waals surface area contributed by atoms with Gasteiger partial charge in [0.15, 0.2) is 0 Å². The molecule has 3 heteroatoms. The minimum absolute atomic E-state index is 0. The van der Waals surface area contributed by atoms with Crippen molar-refractivity contribution in [2.45, 2.75) is 46.6 Å². The molecule has 1 aromatic rings. The van der Waals surface area contributed by atoms with Gasteiger partial charge in [-0.25, -0.2) is 0 Å². The van der Waals surface area contributed by atoms with Gasteiger partial charge >= 0.3 is 0 Å². The molecule has 0 aliphatic rings. The number of hydrogen-bond donors (Lipinski definition) is 1. The molecule has 1 amide bonds. The van der Waals surface area contributed by atoms with E-state index in [1.807, 2.05) is 32.0 Å². The number of aromatic nitrogens is 1. The zero-order chi connectivity index (χ0) is 12.7.